The predicted octanol–water partition coefficient (Wildman–Crippen LogP) is 4.70. The van der Waals surface area contributed by atoms with Crippen LogP contribution < -0.4 is 10.6 Å². The highest BCUT2D eigenvalue weighted by Gasteiger charge is 2.29. The summed E-state index contributed by atoms with van der Waals surface area (Å²) in [6, 6.07) is 16.1. The fourth-order valence-electron chi connectivity index (χ4n) is 4.53. The van der Waals surface area contributed by atoms with Crippen molar-refractivity contribution in [3.05, 3.63) is 59.7 Å². The number of nitrogens with one attached hydrogen (secondary N) is 2. The summed E-state index contributed by atoms with van der Waals surface area (Å²) in [5.41, 5.74) is 4.62. The van der Waals surface area contributed by atoms with Crippen molar-refractivity contribution in [1.82, 2.24) is 10.6 Å². The molecule has 34 heavy (non-hydrogen) atoms. The minimum Gasteiger partial charge on any atom is -0.481 e. The van der Waals surface area contributed by atoms with E-state index in [2.05, 4.69) is 34.9 Å². The third kappa shape index (κ3) is 6.37. The van der Waals surface area contributed by atoms with Crippen LogP contribution in [0.15, 0.2) is 48.5 Å². The zero-order valence-electron chi connectivity index (χ0n) is 19.9. The molecule has 0 aromatic heterocycles. The van der Waals surface area contributed by atoms with Gasteiger partial charge in [0.25, 0.3) is 0 Å². The highest BCUT2D eigenvalue weighted by molar-refractivity contribution is 5.80. The summed E-state index contributed by atoms with van der Waals surface area (Å²) in [6.45, 7) is 4.29. The summed E-state index contributed by atoms with van der Waals surface area (Å²) >= 11 is 0. The van der Waals surface area contributed by atoms with Crippen LogP contribution in [-0.4, -0.2) is 42.3 Å². The number of aliphatic carboxylic acids is 1. The number of alkyl carbamates (subject to hydrolysis) is 1. The first kappa shape index (κ1) is 25.3. The summed E-state index contributed by atoms with van der Waals surface area (Å²) in [5.74, 6) is -1.47. The van der Waals surface area contributed by atoms with E-state index >= 15 is 0 Å². The Balaban J connectivity index is 1.54. The Morgan fingerprint density at radius 3 is 2.15 bits per heavy atom. The molecule has 2 aromatic rings. The Morgan fingerprint density at radius 2 is 1.59 bits per heavy atom. The number of carbonyl (C=O) groups excluding carboxylic acids is 2. The molecule has 0 saturated heterocycles. The van der Waals surface area contributed by atoms with Crippen molar-refractivity contribution in [2.45, 2.75) is 57.9 Å². The topological polar surface area (TPSA) is 105 Å². The molecule has 7 heteroatoms. The Hall–Kier alpha value is -3.35. The number of carboxylic acid groups (broad SMARTS) is 1. The van der Waals surface area contributed by atoms with Crippen molar-refractivity contribution in [1.29, 1.82) is 0 Å². The average Bonchev–Trinajstić information content (AvgIpc) is 3.16. The molecule has 0 fully saturated rings. The van der Waals surface area contributed by atoms with E-state index in [1.54, 1.807) is 0 Å². The largest absolute Gasteiger partial charge is 0.481 e. The number of amides is 2. The van der Waals surface area contributed by atoms with E-state index in [9.17, 15) is 14.4 Å². The molecule has 182 valence electrons. The summed E-state index contributed by atoms with van der Waals surface area (Å²) in [7, 11) is 0. The zero-order valence-corrected chi connectivity index (χ0v) is 19.9. The highest BCUT2D eigenvalue weighted by Crippen LogP contribution is 2.44. The number of hydrogen-bond donors (Lipinski definition) is 3. The van der Waals surface area contributed by atoms with Crippen molar-refractivity contribution in [3.8, 4) is 11.1 Å². The predicted molar refractivity (Wildman–Crippen MR) is 131 cm³/mol. The van der Waals surface area contributed by atoms with Crippen LogP contribution in [0.25, 0.3) is 11.1 Å². The molecule has 7 nitrogen and oxygen atoms in total. The van der Waals surface area contributed by atoms with E-state index in [0.717, 1.165) is 17.5 Å². The molecule has 3 rings (SSSR count). The summed E-state index contributed by atoms with van der Waals surface area (Å²) < 4.78 is 5.57. The molecule has 0 saturated carbocycles. The van der Waals surface area contributed by atoms with Gasteiger partial charge in [0, 0.05) is 24.9 Å². The van der Waals surface area contributed by atoms with E-state index < -0.39 is 18.0 Å². The van der Waals surface area contributed by atoms with Gasteiger partial charge in [0.05, 0.1) is 5.92 Å². The van der Waals surface area contributed by atoms with E-state index in [1.165, 1.54) is 11.1 Å². The van der Waals surface area contributed by atoms with Gasteiger partial charge in [-0.2, -0.15) is 0 Å². The maximum atomic E-state index is 12.8. The van der Waals surface area contributed by atoms with Crippen LogP contribution in [0.3, 0.4) is 0 Å². The third-order valence-corrected chi connectivity index (χ3v) is 6.39. The van der Waals surface area contributed by atoms with Crippen molar-refractivity contribution >= 4 is 18.0 Å². The van der Waals surface area contributed by atoms with Crippen LogP contribution in [0.5, 0.6) is 0 Å². The minimum atomic E-state index is -0.880. The molecule has 0 radical (unpaired) electrons. The molecule has 0 aliphatic heterocycles. The van der Waals surface area contributed by atoms with Gasteiger partial charge in [-0.15, -0.1) is 0 Å². The van der Waals surface area contributed by atoms with E-state index in [1.807, 2.05) is 38.1 Å². The van der Waals surface area contributed by atoms with Gasteiger partial charge in [0.1, 0.15) is 6.61 Å². The van der Waals surface area contributed by atoms with Crippen LogP contribution in [0, 0.1) is 5.92 Å². The van der Waals surface area contributed by atoms with Gasteiger partial charge in [-0.1, -0.05) is 68.8 Å². The van der Waals surface area contributed by atoms with E-state index in [-0.39, 0.29) is 37.4 Å². The van der Waals surface area contributed by atoms with Crippen molar-refractivity contribution < 1.29 is 24.2 Å². The number of benzene rings is 2. The molecule has 2 aromatic carbocycles. The lowest BCUT2D eigenvalue weighted by atomic mass is 9.98. The fraction of sp³-hybridized carbons (Fsp3) is 0.444. The van der Waals surface area contributed by atoms with Gasteiger partial charge in [-0.3, -0.25) is 9.59 Å². The molecule has 0 spiro atoms. The van der Waals surface area contributed by atoms with Gasteiger partial charge in [0.15, 0.2) is 0 Å². The molecule has 2 amide bonds. The van der Waals surface area contributed by atoms with Gasteiger partial charge < -0.3 is 20.5 Å². The van der Waals surface area contributed by atoms with E-state index in [0.29, 0.717) is 19.3 Å². The second kappa shape index (κ2) is 12.2. The highest BCUT2D eigenvalue weighted by atomic mass is 16.5. The lowest BCUT2D eigenvalue weighted by Gasteiger charge is -2.22. The minimum absolute atomic E-state index is 0.00916. The van der Waals surface area contributed by atoms with Gasteiger partial charge >= 0.3 is 12.1 Å². The Morgan fingerprint density at radius 1 is 0.971 bits per heavy atom. The van der Waals surface area contributed by atoms with Crippen LogP contribution in [-0.2, 0) is 14.3 Å². The Kier molecular flexibility index (Phi) is 9.08. The molecule has 1 aliphatic carbocycles. The molecular weight excluding hydrogens is 432 g/mol. The van der Waals surface area contributed by atoms with Gasteiger partial charge in [-0.25, -0.2) is 4.79 Å². The number of carboxylic acids is 1. The Bertz CT molecular complexity index is 961. The van der Waals surface area contributed by atoms with Crippen molar-refractivity contribution in [2.24, 2.45) is 5.92 Å². The van der Waals surface area contributed by atoms with Crippen LogP contribution >= 0.6 is 0 Å². The Labute approximate surface area is 200 Å². The monoisotopic (exact) mass is 466 g/mol. The number of rotatable bonds is 12. The number of carbonyl (C=O) groups is 3. The summed E-state index contributed by atoms with van der Waals surface area (Å²) in [5, 5.41) is 14.6. The maximum Gasteiger partial charge on any atom is 0.407 e. The van der Waals surface area contributed by atoms with E-state index in [4.69, 9.17) is 9.84 Å². The van der Waals surface area contributed by atoms with Crippen LogP contribution in [0.4, 0.5) is 4.79 Å². The zero-order chi connectivity index (χ0) is 24.5. The molecule has 2 atom stereocenters. The molecule has 3 N–H and O–H groups in total. The smallest absolute Gasteiger partial charge is 0.407 e. The molecule has 2 unspecified atom stereocenters. The SMILES string of the molecule is CCCC(CNC(=O)OCC1c2ccccc2-c2ccccc21)C(=O)NC(CC)CCC(=O)O. The van der Waals surface area contributed by atoms with Gasteiger partial charge in [0.2, 0.25) is 5.91 Å². The first-order valence-corrected chi connectivity index (χ1v) is 12.1. The molecule has 0 bridgehead atoms. The molecule has 0 heterocycles. The van der Waals surface area contributed by atoms with Crippen molar-refractivity contribution in [3.63, 3.8) is 0 Å². The molecular formula is C27H34N2O5. The maximum absolute atomic E-state index is 12.8. The summed E-state index contributed by atoms with van der Waals surface area (Å²) in [4.78, 5) is 36.1. The number of fused-ring (bicyclic) bond motifs is 3. The number of ether oxygens (including phenoxy) is 1. The number of hydrogen-bond acceptors (Lipinski definition) is 4. The lowest BCUT2D eigenvalue weighted by Crippen LogP contribution is -2.43. The lowest BCUT2D eigenvalue weighted by molar-refractivity contribution is -0.137. The second-order valence-electron chi connectivity index (χ2n) is 8.74. The third-order valence-electron chi connectivity index (χ3n) is 6.39. The standard InChI is InChI=1S/C27H34N2O5/c1-3-9-18(26(32)29-19(4-2)14-15-25(30)31)16-28-27(33)34-17-24-22-12-7-5-10-20(22)21-11-6-8-13-23(21)24/h5-8,10-13,18-19,24H,3-4,9,14-17H2,1-2H3,(H,28,33)(H,29,32)(H,30,31). The average molecular weight is 467 g/mol. The first-order valence-electron chi connectivity index (χ1n) is 12.1. The quantitative estimate of drug-likeness (QED) is 0.421. The fourth-order valence-corrected chi connectivity index (χ4v) is 4.53. The second-order valence-corrected chi connectivity index (χ2v) is 8.74. The van der Waals surface area contributed by atoms with Crippen molar-refractivity contribution in [2.75, 3.05) is 13.2 Å². The normalized spacial score (nSPS) is 13.9. The summed E-state index contributed by atoms with van der Waals surface area (Å²) in [6.07, 6.45) is 1.90. The molecule has 1 aliphatic rings. The van der Waals surface area contributed by atoms with Gasteiger partial charge in [-0.05, 0) is 41.5 Å². The van der Waals surface area contributed by atoms with Crippen LogP contribution in [0.1, 0.15) is 63.0 Å². The van der Waals surface area contributed by atoms with Crippen LogP contribution in [0.2, 0.25) is 0 Å². The first-order chi connectivity index (χ1) is 16.4.